The third kappa shape index (κ3) is 0.606. The van der Waals surface area contributed by atoms with Gasteiger partial charge in [0.15, 0.2) is 0 Å². The maximum atomic E-state index is 10.7. The van der Waals surface area contributed by atoms with Gasteiger partial charge in [-0.2, -0.15) is 0 Å². The van der Waals surface area contributed by atoms with Gasteiger partial charge in [-0.25, -0.2) is 0 Å². The predicted octanol–water partition coefficient (Wildman–Crippen LogP) is 1.79. The number of carbonyl (C=O) groups is 1. The fourth-order valence-electron chi connectivity index (χ4n) is 2.27. The average molecular weight is 136 g/mol. The van der Waals surface area contributed by atoms with E-state index in [0.717, 1.165) is 12.7 Å². The average Bonchev–Trinajstić information content (AvgIpc) is 2.46. The molecule has 0 saturated heterocycles. The Balaban J connectivity index is 2.30. The lowest BCUT2D eigenvalue weighted by molar-refractivity contribution is -0.116. The zero-order valence-corrected chi connectivity index (χ0v) is 6.21. The molecule has 54 valence electrons. The standard InChI is InChI=1S/C9H12O/c1-9(6-10)5-7-2-3-8(9)4-7/h2-3,6-8H,4-5H2,1H3/t7-,8+,9+/m1/s1. The molecule has 0 radical (unpaired) electrons. The van der Waals surface area contributed by atoms with Crippen molar-refractivity contribution in [3.63, 3.8) is 0 Å². The second kappa shape index (κ2) is 1.71. The van der Waals surface area contributed by atoms with E-state index in [4.69, 9.17) is 0 Å². The van der Waals surface area contributed by atoms with Crippen LogP contribution < -0.4 is 0 Å². The zero-order valence-electron chi connectivity index (χ0n) is 6.21. The van der Waals surface area contributed by atoms with Crippen LogP contribution in [0.1, 0.15) is 19.8 Å². The van der Waals surface area contributed by atoms with Crippen molar-refractivity contribution in [2.24, 2.45) is 17.3 Å². The van der Waals surface area contributed by atoms with E-state index in [9.17, 15) is 4.79 Å². The van der Waals surface area contributed by atoms with Crippen LogP contribution in [-0.2, 0) is 4.79 Å². The first-order chi connectivity index (χ1) is 4.74. The fraction of sp³-hybridized carbons (Fsp3) is 0.667. The molecule has 0 aliphatic heterocycles. The molecule has 1 saturated carbocycles. The Labute approximate surface area is 61.1 Å². The number of aldehydes is 1. The highest BCUT2D eigenvalue weighted by molar-refractivity contribution is 5.61. The molecule has 0 N–H and O–H groups in total. The largest absolute Gasteiger partial charge is 0.303 e. The Bertz CT molecular complexity index is 195. The molecule has 0 aromatic heterocycles. The van der Waals surface area contributed by atoms with Crippen LogP contribution in [0.4, 0.5) is 0 Å². The van der Waals surface area contributed by atoms with Gasteiger partial charge in [-0.15, -0.1) is 0 Å². The van der Waals surface area contributed by atoms with E-state index in [1.54, 1.807) is 0 Å². The van der Waals surface area contributed by atoms with Gasteiger partial charge in [0.2, 0.25) is 0 Å². The summed E-state index contributed by atoms with van der Waals surface area (Å²) < 4.78 is 0. The highest BCUT2D eigenvalue weighted by Gasteiger charge is 2.44. The van der Waals surface area contributed by atoms with Crippen molar-refractivity contribution in [3.8, 4) is 0 Å². The number of rotatable bonds is 1. The van der Waals surface area contributed by atoms with Crippen molar-refractivity contribution in [2.75, 3.05) is 0 Å². The molecule has 3 atom stereocenters. The van der Waals surface area contributed by atoms with Crippen LogP contribution in [0.15, 0.2) is 12.2 Å². The first-order valence-corrected chi connectivity index (χ1v) is 3.89. The normalized spacial score (nSPS) is 50.1. The Morgan fingerprint density at radius 3 is 2.70 bits per heavy atom. The second-order valence-electron chi connectivity index (χ2n) is 3.81. The van der Waals surface area contributed by atoms with Crippen LogP contribution in [0, 0.1) is 17.3 Å². The maximum absolute atomic E-state index is 10.7. The lowest BCUT2D eigenvalue weighted by Crippen LogP contribution is -2.22. The van der Waals surface area contributed by atoms with E-state index < -0.39 is 0 Å². The third-order valence-electron chi connectivity index (χ3n) is 2.99. The molecule has 0 amide bonds. The monoisotopic (exact) mass is 136 g/mol. The van der Waals surface area contributed by atoms with Gasteiger partial charge in [-0.1, -0.05) is 19.1 Å². The molecule has 0 spiro atoms. The first kappa shape index (κ1) is 6.14. The summed E-state index contributed by atoms with van der Waals surface area (Å²) in [5, 5.41) is 0. The van der Waals surface area contributed by atoms with Crippen molar-refractivity contribution in [3.05, 3.63) is 12.2 Å². The molecule has 0 aromatic carbocycles. The summed E-state index contributed by atoms with van der Waals surface area (Å²) in [4.78, 5) is 10.7. The van der Waals surface area contributed by atoms with Gasteiger partial charge >= 0.3 is 0 Å². The Morgan fingerprint density at radius 1 is 1.60 bits per heavy atom. The first-order valence-electron chi connectivity index (χ1n) is 3.89. The molecule has 2 aliphatic carbocycles. The van der Waals surface area contributed by atoms with Crippen LogP contribution in [-0.4, -0.2) is 6.29 Å². The smallest absolute Gasteiger partial charge is 0.126 e. The molecule has 2 bridgehead atoms. The summed E-state index contributed by atoms with van der Waals surface area (Å²) in [6.45, 7) is 2.08. The molecular formula is C9H12O. The minimum absolute atomic E-state index is 0.0145. The van der Waals surface area contributed by atoms with Crippen LogP contribution in [0.5, 0.6) is 0 Å². The van der Waals surface area contributed by atoms with Crippen molar-refractivity contribution in [2.45, 2.75) is 19.8 Å². The molecular weight excluding hydrogens is 124 g/mol. The molecule has 2 aliphatic rings. The highest BCUT2D eigenvalue weighted by Crippen LogP contribution is 2.50. The minimum Gasteiger partial charge on any atom is -0.303 e. The Kier molecular flexibility index (Phi) is 1.05. The van der Waals surface area contributed by atoms with E-state index >= 15 is 0 Å². The minimum atomic E-state index is -0.0145. The summed E-state index contributed by atoms with van der Waals surface area (Å²) in [5.74, 6) is 1.26. The second-order valence-corrected chi connectivity index (χ2v) is 3.81. The zero-order chi connectivity index (χ0) is 7.19. The highest BCUT2D eigenvalue weighted by atomic mass is 16.1. The Morgan fingerprint density at radius 2 is 2.40 bits per heavy atom. The Hall–Kier alpha value is -0.590. The lowest BCUT2D eigenvalue weighted by atomic mass is 9.79. The molecule has 0 heterocycles. The van der Waals surface area contributed by atoms with Crippen molar-refractivity contribution in [1.82, 2.24) is 0 Å². The van der Waals surface area contributed by atoms with E-state index in [2.05, 4.69) is 19.1 Å². The van der Waals surface area contributed by atoms with E-state index in [1.165, 1.54) is 6.42 Å². The molecule has 2 rings (SSSR count). The molecule has 0 unspecified atom stereocenters. The summed E-state index contributed by atoms with van der Waals surface area (Å²) in [6.07, 6.45) is 7.91. The number of carbonyl (C=O) groups excluding carboxylic acids is 1. The predicted molar refractivity (Wildman–Crippen MR) is 39.5 cm³/mol. The van der Waals surface area contributed by atoms with Gasteiger partial charge in [-0.05, 0) is 24.7 Å². The molecule has 1 heteroatoms. The molecule has 10 heavy (non-hydrogen) atoms. The van der Waals surface area contributed by atoms with Crippen LogP contribution in [0.2, 0.25) is 0 Å². The van der Waals surface area contributed by atoms with E-state index in [1.807, 2.05) is 0 Å². The topological polar surface area (TPSA) is 17.1 Å². The molecule has 1 nitrogen and oxygen atoms in total. The number of allylic oxidation sites excluding steroid dienone is 2. The van der Waals surface area contributed by atoms with Crippen LogP contribution in [0.3, 0.4) is 0 Å². The molecule has 1 fully saturated rings. The van der Waals surface area contributed by atoms with Crippen LogP contribution in [0.25, 0.3) is 0 Å². The number of hydrogen-bond donors (Lipinski definition) is 0. The lowest BCUT2D eigenvalue weighted by Gasteiger charge is -2.23. The van der Waals surface area contributed by atoms with Gasteiger partial charge in [0, 0.05) is 5.41 Å². The number of hydrogen-bond acceptors (Lipinski definition) is 1. The summed E-state index contributed by atoms with van der Waals surface area (Å²) >= 11 is 0. The van der Waals surface area contributed by atoms with Crippen molar-refractivity contribution >= 4 is 6.29 Å². The van der Waals surface area contributed by atoms with Crippen molar-refractivity contribution in [1.29, 1.82) is 0 Å². The van der Waals surface area contributed by atoms with Gasteiger partial charge in [0.25, 0.3) is 0 Å². The number of fused-ring (bicyclic) bond motifs is 2. The van der Waals surface area contributed by atoms with Gasteiger partial charge in [-0.3, -0.25) is 0 Å². The van der Waals surface area contributed by atoms with Crippen LogP contribution >= 0.6 is 0 Å². The SMILES string of the molecule is C[C@@]1(C=O)C[C@@H]2C=C[C@H]1C2. The summed E-state index contributed by atoms with van der Waals surface area (Å²) in [5.41, 5.74) is -0.0145. The van der Waals surface area contributed by atoms with Gasteiger partial charge < -0.3 is 4.79 Å². The molecule has 0 aromatic rings. The fourth-order valence-corrected chi connectivity index (χ4v) is 2.27. The van der Waals surface area contributed by atoms with Crippen molar-refractivity contribution < 1.29 is 4.79 Å². The maximum Gasteiger partial charge on any atom is 0.126 e. The summed E-state index contributed by atoms with van der Waals surface area (Å²) in [7, 11) is 0. The van der Waals surface area contributed by atoms with Gasteiger partial charge in [0.1, 0.15) is 6.29 Å². The summed E-state index contributed by atoms with van der Waals surface area (Å²) in [6, 6.07) is 0. The third-order valence-corrected chi connectivity index (χ3v) is 2.99. The quantitative estimate of drug-likeness (QED) is 0.396. The van der Waals surface area contributed by atoms with E-state index in [0.29, 0.717) is 11.8 Å². The van der Waals surface area contributed by atoms with Gasteiger partial charge in [0.05, 0.1) is 0 Å². The van der Waals surface area contributed by atoms with E-state index in [-0.39, 0.29) is 5.41 Å².